The Labute approximate surface area is 126 Å². The Kier molecular flexibility index (Phi) is 4.86. The van der Waals surface area contributed by atoms with Crippen LogP contribution in [0, 0.1) is 0 Å². The summed E-state index contributed by atoms with van der Waals surface area (Å²) in [6, 6.07) is 11.0. The molecule has 102 valence electrons. The van der Waals surface area contributed by atoms with Crippen molar-refractivity contribution in [1.29, 1.82) is 0 Å². The summed E-state index contributed by atoms with van der Waals surface area (Å²) >= 11 is 12.6. The van der Waals surface area contributed by atoms with Gasteiger partial charge in [-0.25, -0.2) is 13.1 Å². The van der Waals surface area contributed by atoms with Gasteiger partial charge in [-0.3, -0.25) is 0 Å². The van der Waals surface area contributed by atoms with Crippen LogP contribution < -0.4 is 4.72 Å². The molecule has 3 nitrogen and oxygen atoms in total. The van der Waals surface area contributed by atoms with Crippen LogP contribution in [-0.4, -0.2) is 15.0 Å². The number of nitrogens with one attached hydrogen (secondary N) is 1. The van der Waals surface area contributed by atoms with Gasteiger partial charge in [0.2, 0.25) is 10.0 Å². The highest BCUT2D eigenvalue weighted by molar-refractivity contribution is 7.89. The molecule has 0 radical (unpaired) electrons. The van der Waals surface area contributed by atoms with Crippen LogP contribution in [0.15, 0.2) is 41.3 Å². The molecule has 0 saturated heterocycles. The third-order valence-corrected chi connectivity index (χ3v) is 5.68. The first-order valence-electron chi connectivity index (χ1n) is 5.47. The van der Waals surface area contributed by atoms with Gasteiger partial charge >= 0.3 is 0 Å². The Morgan fingerprint density at radius 1 is 1.16 bits per heavy atom. The number of benzene rings is 1. The van der Waals surface area contributed by atoms with Gasteiger partial charge < -0.3 is 0 Å². The Hall–Kier alpha value is -0.590. The lowest BCUT2D eigenvalue weighted by atomic mass is 10.2. The van der Waals surface area contributed by atoms with Crippen molar-refractivity contribution < 1.29 is 8.42 Å². The first kappa shape index (κ1) is 14.8. The summed E-state index contributed by atoms with van der Waals surface area (Å²) < 4.78 is 27.1. The molecule has 1 aromatic heterocycles. The van der Waals surface area contributed by atoms with Crippen LogP contribution in [0.5, 0.6) is 0 Å². The van der Waals surface area contributed by atoms with E-state index in [1.807, 2.05) is 30.3 Å². The van der Waals surface area contributed by atoms with E-state index in [1.165, 1.54) is 6.07 Å². The Morgan fingerprint density at radius 2 is 1.84 bits per heavy atom. The van der Waals surface area contributed by atoms with E-state index in [2.05, 4.69) is 4.72 Å². The van der Waals surface area contributed by atoms with Crippen molar-refractivity contribution in [2.75, 3.05) is 6.54 Å². The number of hydrogen-bond acceptors (Lipinski definition) is 3. The third kappa shape index (κ3) is 3.94. The quantitative estimate of drug-likeness (QED) is 0.907. The van der Waals surface area contributed by atoms with E-state index in [9.17, 15) is 8.42 Å². The maximum absolute atomic E-state index is 12.0. The zero-order valence-electron chi connectivity index (χ0n) is 9.77. The van der Waals surface area contributed by atoms with Gasteiger partial charge in [0.05, 0.1) is 4.34 Å². The highest BCUT2D eigenvalue weighted by atomic mass is 35.5. The fraction of sp³-hybridized carbons (Fsp3) is 0.167. The summed E-state index contributed by atoms with van der Waals surface area (Å²) in [7, 11) is -3.60. The molecule has 1 heterocycles. The molecule has 0 aliphatic rings. The SMILES string of the molecule is O=S(=O)(NCCc1ccccc1)c1cc(Cl)sc1Cl. The van der Waals surface area contributed by atoms with Crippen LogP contribution in [0.4, 0.5) is 0 Å². The Bertz CT molecular complexity index is 654. The summed E-state index contributed by atoms with van der Waals surface area (Å²) in [5.41, 5.74) is 1.07. The molecule has 0 aliphatic carbocycles. The van der Waals surface area contributed by atoms with Gasteiger partial charge in [0, 0.05) is 6.54 Å². The highest BCUT2D eigenvalue weighted by Crippen LogP contribution is 2.33. The van der Waals surface area contributed by atoms with Crippen LogP contribution >= 0.6 is 34.5 Å². The molecule has 0 spiro atoms. The molecule has 0 aliphatic heterocycles. The predicted octanol–water partition coefficient (Wildman–Crippen LogP) is 3.58. The average molecular weight is 336 g/mol. The van der Waals surface area contributed by atoms with E-state index in [1.54, 1.807) is 0 Å². The van der Waals surface area contributed by atoms with Gasteiger partial charge in [0.1, 0.15) is 9.23 Å². The fourth-order valence-electron chi connectivity index (χ4n) is 1.56. The summed E-state index contributed by atoms with van der Waals surface area (Å²) in [5.74, 6) is 0. The molecule has 7 heteroatoms. The summed E-state index contributed by atoms with van der Waals surface area (Å²) in [5, 5.41) is 0. The number of halogens is 2. The lowest BCUT2D eigenvalue weighted by Crippen LogP contribution is -2.25. The van der Waals surface area contributed by atoms with Gasteiger partial charge in [0.15, 0.2) is 0 Å². The largest absolute Gasteiger partial charge is 0.242 e. The van der Waals surface area contributed by atoms with Crippen LogP contribution in [0.2, 0.25) is 8.67 Å². The number of thiophene rings is 1. The second kappa shape index (κ2) is 6.24. The lowest BCUT2D eigenvalue weighted by Gasteiger charge is -2.05. The van der Waals surface area contributed by atoms with Gasteiger partial charge in [-0.05, 0) is 18.1 Å². The Morgan fingerprint density at radius 3 is 2.42 bits per heavy atom. The van der Waals surface area contributed by atoms with Gasteiger partial charge in [-0.1, -0.05) is 53.5 Å². The number of rotatable bonds is 5. The molecule has 0 atom stereocenters. The standard InChI is InChI=1S/C12H11Cl2NO2S2/c13-11-8-10(12(14)18-11)19(16,17)15-7-6-9-4-2-1-3-5-9/h1-5,8,15H,6-7H2. The van der Waals surface area contributed by atoms with Crippen molar-refractivity contribution in [3.05, 3.63) is 50.6 Å². The van der Waals surface area contributed by atoms with Crippen molar-refractivity contribution in [1.82, 2.24) is 4.72 Å². The minimum Gasteiger partial charge on any atom is -0.211 e. The summed E-state index contributed by atoms with van der Waals surface area (Å²) in [6.45, 7) is 0.316. The molecule has 1 aromatic carbocycles. The van der Waals surface area contributed by atoms with Crippen LogP contribution in [-0.2, 0) is 16.4 Å². The molecule has 0 unspecified atom stereocenters. The average Bonchev–Trinajstić information content (AvgIpc) is 2.70. The van der Waals surface area contributed by atoms with Crippen molar-refractivity contribution in [2.24, 2.45) is 0 Å². The van der Waals surface area contributed by atoms with Crippen LogP contribution in [0.3, 0.4) is 0 Å². The minimum atomic E-state index is -3.60. The van der Waals surface area contributed by atoms with E-state index in [-0.39, 0.29) is 9.23 Å². The molecule has 0 fully saturated rings. The third-order valence-electron chi connectivity index (χ3n) is 2.46. The molecule has 0 saturated carbocycles. The molecular weight excluding hydrogens is 325 g/mol. The van der Waals surface area contributed by atoms with E-state index in [4.69, 9.17) is 23.2 Å². The Balaban J connectivity index is 2.01. The molecule has 1 N–H and O–H groups in total. The van der Waals surface area contributed by atoms with Crippen LogP contribution in [0.25, 0.3) is 0 Å². The van der Waals surface area contributed by atoms with Gasteiger partial charge in [-0.15, -0.1) is 11.3 Å². The first-order chi connectivity index (χ1) is 8.99. The smallest absolute Gasteiger partial charge is 0.211 e. The zero-order valence-corrected chi connectivity index (χ0v) is 12.9. The van der Waals surface area contributed by atoms with Gasteiger partial charge in [0.25, 0.3) is 0 Å². The molecule has 0 bridgehead atoms. The van der Waals surface area contributed by atoms with E-state index in [0.717, 1.165) is 16.9 Å². The topological polar surface area (TPSA) is 46.2 Å². The summed E-state index contributed by atoms with van der Waals surface area (Å²) in [6.07, 6.45) is 0.621. The van der Waals surface area contributed by atoms with Gasteiger partial charge in [-0.2, -0.15) is 0 Å². The number of hydrogen-bond donors (Lipinski definition) is 1. The summed E-state index contributed by atoms with van der Waals surface area (Å²) in [4.78, 5) is 0.0391. The van der Waals surface area contributed by atoms with Crippen molar-refractivity contribution >= 4 is 44.6 Å². The molecular formula is C12H11Cl2NO2S2. The van der Waals surface area contributed by atoms with E-state index in [0.29, 0.717) is 17.3 Å². The molecule has 0 amide bonds. The van der Waals surface area contributed by atoms with Crippen LogP contribution in [0.1, 0.15) is 5.56 Å². The second-order valence-electron chi connectivity index (χ2n) is 3.82. The van der Waals surface area contributed by atoms with E-state index < -0.39 is 10.0 Å². The highest BCUT2D eigenvalue weighted by Gasteiger charge is 2.20. The minimum absolute atomic E-state index is 0.0391. The van der Waals surface area contributed by atoms with Crippen molar-refractivity contribution in [3.8, 4) is 0 Å². The monoisotopic (exact) mass is 335 g/mol. The maximum atomic E-state index is 12.0. The predicted molar refractivity (Wildman–Crippen MR) is 79.7 cm³/mol. The second-order valence-corrected chi connectivity index (χ2v) is 7.84. The molecule has 2 rings (SSSR count). The van der Waals surface area contributed by atoms with Crippen molar-refractivity contribution in [3.63, 3.8) is 0 Å². The van der Waals surface area contributed by atoms with E-state index >= 15 is 0 Å². The maximum Gasteiger partial charge on any atom is 0.242 e. The molecule has 2 aromatic rings. The normalized spacial score (nSPS) is 11.7. The fourth-order valence-corrected chi connectivity index (χ4v) is 4.74. The first-order valence-corrected chi connectivity index (χ1v) is 8.53. The lowest BCUT2D eigenvalue weighted by molar-refractivity contribution is 0.582. The number of sulfonamides is 1. The van der Waals surface area contributed by atoms with Crippen molar-refractivity contribution in [2.45, 2.75) is 11.3 Å². The molecule has 19 heavy (non-hydrogen) atoms. The zero-order chi connectivity index (χ0) is 13.9.